The summed E-state index contributed by atoms with van der Waals surface area (Å²) in [6.07, 6.45) is 2.75. The topological polar surface area (TPSA) is 49.9 Å². The maximum absolute atomic E-state index is 10.0. The Morgan fingerprint density at radius 1 is 1.56 bits per heavy atom. The highest BCUT2D eigenvalue weighted by Gasteiger charge is 2.00. The maximum atomic E-state index is 10.0. The Balaban J connectivity index is 2.98. The van der Waals surface area contributed by atoms with Gasteiger partial charge in [-0.1, -0.05) is 0 Å². The summed E-state index contributed by atoms with van der Waals surface area (Å²) in [7, 11) is 0. The zero-order chi connectivity index (χ0) is 6.69. The Kier molecular flexibility index (Phi) is 1.44. The lowest BCUT2D eigenvalue weighted by molar-refractivity contribution is 0.0572. The highest BCUT2D eigenvalue weighted by molar-refractivity contribution is 5.86. The molecule has 0 saturated carbocycles. The summed E-state index contributed by atoms with van der Waals surface area (Å²) in [4.78, 5) is 13.6. The average molecular weight is 122 g/mol. The first-order chi connectivity index (χ1) is 4.30. The van der Waals surface area contributed by atoms with Gasteiger partial charge in [0.05, 0.1) is 5.56 Å². The predicted octanol–water partition coefficient (Wildman–Crippen LogP) is 0.652. The highest BCUT2D eigenvalue weighted by atomic mass is 16.4. The van der Waals surface area contributed by atoms with Gasteiger partial charge >= 0.3 is 5.97 Å². The molecule has 0 saturated heterocycles. The molecule has 0 aromatic carbocycles. The monoisotopic (exact) mass is 122 g/mol. The number of hydrogen-bond donors (Lipinski definition) is 0. The van der Waals surface area contributed by atoms with Crippen molar-refractivity contribution in [3.63, 3.8) is 0 Å². The molecule has 45 valence electrons. The van der Waals surface area contributed by atoms with Crippen LogP contribution in [0.15, 0.2) is 24.5 Å². The minimum Gasteiger partial charge on any atom is -0.264 e. The standard InChI is InChI=1S/C6H4NO2/c8-6(9)5-2-1-3-7-4-5/h1-4H. The lowest BCUT2D eigenvalue weighted by atomic mass is 10.3. The van der Waals surface area contributed by atoms with E-state index in [9.17, 15) is 9.90 Å². The van der Waals surface area contributed by atoms with Crippen molar-refractivity contribution in [1.82, 2.24) is 4.98 Å². The van der Waals surface area contributed by atoms with Crippen LogP contribution in [-0.2, 0) is 5.11 Å². The molecule has 0 unspecified atom stereocenters. The molecule has 3 heteroatoms. The number of hydrogen-bond acceptors (Lipinski definition) is 2. The second-order valence-electron chi connectivity index (χ2n) is 1.53. The van der Waals surface area contributed by atoms with Crippen molar-refractivity contribution in [2.45, 2.75) is 0 Å². The first kappa shape index (κ1) is 5.75. The predicted molar refractivity (Wildman–Crippen MR) is 29.3 cm³/mol. The van der Waals surface area contributed by atoms with Gasteiger partial charge in [-0.3, -0.25) is 4.98 Å². The van der Waals surface area contributed by atoms with Crippen LogP contribution in [0.4, 0.5) is 0 Å². The molecule has 3 nitrogen and oxygen atoms in total. The van der Waals surface area contributed by atoms with Crippen LogP contribution in [0.1, 0.15) is 10.4 Å². The summed E-state index contributed by atoms with van der Waals surface area (Å²) < 4.78 is 0. The van der Waals surface area contributed by atoms with Gasteiger partial charge < -0.3 is 0 Å². The normalized spacial score (nSPS) is 8.89. The van der Waals surface area contributed by atoms with Gasteiger partial charge in [-0.15, -0.1) is 0 Å². The van der Waals surface area contributed by atoms with Crippen LogP contribution in [0, 0.1) is 0 Å². The first-order valence-electron chi connectivity index (χ1n) is 2.42. The number of carbonyl (C=O) groups excluding carboxylic acids is 1. The van der Waals surface area contributed by atoms with E-state index >= 15 is 0 Å². The highest BCUT2D eigenvalue weighted by Crippen LogP contribution is 1.93. The average Bonchev–Trinajstić information content (AvgIpc) is 1.90. The minimum absolute atomic E-state index is 0.109. The van der Waals surface area contributed by atoms with Crippen molar-refractivity contribution in [3.05, 3.63) is 30.1 Å². The molecule has 1 radical (unpaired) electrons. The van der Waals surface area contributed by atoms with Gasteiger partial charge in [0.15, 0.2) is 0 Å². The van der Waals surface area contributed by atoms with Gasteiger partial charge in [0, 0.05) is 12.4 Å². The second-order valence-corrected chi connectivity index (χ2v) is 1.53. The summed E-state index contributed by atoms with van der Waals surface area (Å²) in [5.74, 6) is -1.19. The van der Waals surface area contributed by atoms with Crippen LogP contribution in [0.25, 0.3) is 0 Å². The first-order valence-corrected chi connectivity index (χ1v) is 2.42. The number of pyridine rings is 1. The molecule has 0 bridgehead atoms. The van der Waals surface area contributed by atoms with Crippen molar-refractivity contribution in [2.24, 2.45) is 0 Å². The molecule has 1 aromatic rings. The summed E-state index contributed by atoms with van der Waals surface area (Å²) in [5, 5.41) is 10.0. The van der Waals surface area contributed by atoms with E-state index in [0.717, 1.165) is 0 Å². The molecule has 1 rings (SSSR count). The fourth-order valence-electron chi connectivity index (χ4n) is 0.484. The van der Waals surface area contributed by atoms with E-state index in [4.69, 9.17) is 0 Å². The van der Waals surface area contributed by atoms with Crippen LogP contribution in [-0.4, -0.2) is 11.0 Å². The fraction of sp³-hybridized carbons (Fsp3) is 0. The van der Waals surface area contributed by atoms with E-state index in [2.05, 4.69) is 4.98 Å². The Hall–Kier alpha value is -1.38. The van der Waals surface area contributed by atoms with Crippen molar-refractivity contribution in [2.75, 3.05) is 0 Å². The molecule has 0 aliphatic heterocycles. The van der Waals surface area contributed by atoms with Crippen molar-refractivity contribution in [3.8, 4) is 0 Å². The van der Waals surface area contributed by atoms with Gasteiger partial charge in [-0.05, 0) is 12.1 Å². The molecule has 1 aromatic heterocycles. The van der Waals surface area contributed by atoms with Crippen LogP contribution >= 0.6 is 0 Å². The molecule has 0 spiro atoms. The summed E-state index contributed by atoms with van der Waals surface area (Å²) in [5.41, 5.74) is 0.109. The third-order valence-electron chi connectivity index (χ3n) is 0.897. The number of rotatable bonds is 1. The van der Waals surface area contributed by atoms with E-state index < -0.39 is 5.97 Å². The van der Waals surface area contributed by atoms with Crippen LogP contribution in [0.5, 0.6) is 0 Å². The van der Waals surface area contributed by atoms with Crippen LogP contribution in [0.2, 0.25) is 0 Å². The van der Waals surface area contributed by atoms with Gasteiger partial charge in [-0.25, -0.2) is 9.90 Å². The van der Waals surface area contributed by atoms with Crippen LogP contribution < -0.4 is 0 Å². The van der Waals surface area contributed by atoms with Gasteiger partial charge in [-0.2, -0.15) is 0 Å². The molecule has 1 heterocycles. The Morgan fingerprint density at radius 2 is 2.33 bits per heavy atom. The van der Waals surface area contributed by atoms with Gasteiger partial charge in [0.2, 0.25) is 0 Å². The molecule has 9 heavy (non-hydrogen) atoms. The molecule has 0 atom stereocenters. The van der Waals surface area contributed by atoms with E-state index in [1.54, 1.807) is 6.07 Å². The number of carbonyl (C=O) groups is 1. The van der Waals surface area contributed by atoms with E-state index in [-0.39, 0.29) is 5.56 Å². The SMILES string of the molecule is [O]C(=O)c1cccnc1. The molecular weight excluding hydrogens is 118 g/mol. The molecule has 0 fully saturated rings. The maximum Gasteiger partial charge on any atom is 0.387 e. The lowest BCUT2D eigenvalue weighted by Gasteiger charge is -1.84. The summed E-state index contributed by atoms with van der Waals surface area (Å²) in [6, 6.07) is 2.98. The Labute approximate surface area is 52.0 Å². The Bertz CT molecular complexity index is 208. The van der Waals surface area contributed by atoms with E-state index in [0.29, 0.717) is 0 Å². The fourth-order valence-corrected chi connectivity index (χ4v) is 0.484. The quantitative estimate of drug-likeness (QED) is 0.549. The van der Waals surface area contributed by atoms with Crippen molar-refractivity contribution < 1.29 is 9.90 Å². The van der Waals surface area contributed by atoms with Crippen LogP contribution in [0.3, 0.4) is 0 Å². The third-order valence-corrected chi connectivity index (χ3v) is 0.897. The Morgan fingerprint density at radius 3 is 2.67 bits per heavy atom. The van der Waals surface area contributed by atoms with Crippen molar-refractivity contribution in [1.29, 1.82) is 0 Å². The third kappa shape index (κ3) is 1.25. The molecule has 0 aliphatic rings. The largest absolute Gasteiger partial charge is 0.387 e. The smallest absolute Gasteiger partial charge is 0.264 e. The van der Waals surface area contributed by atoms with Gasteiger partial charge in [0.1, 0.15) is 0 Å². The molecule has 0 aliphatic carbocycles. The van der Waals surface area contributed by atoms with E-state index in [1.807, 2.05) is 0 Å². The zero-order valence-electron chi connectivity index (χ0n) is 4.57. The summed E-state index contributed by atoms with van der Waals surface area (Å²) in [6.45, 7) is 0. The van der Waals surface area contributed by atoms with Gasteiger partial charge in [0.25, 0.3) is 0 Å². The molecule has 0 amide bonds. The lowest BCUT2D eigenvalue weighted by Crippen LogP contribution is -1.92. The molecule has 0 N–H and O–H groups in total. The molecular formula is C6H4NO2. The number of nitrogens with zero attached hydrogens (tertiary/aromatic N) is 1. The van der Waals surface area contributed by atoms with Crippen molar-refractivity contribution >= 4 is 5.97 Å². The zero-order valence-corrected chi connectivity index (χ0v) is 4.57. The second kappa shape index (κ2) is 2.26. The van der Waals surface area contributed by atoms with E-state index in [1.165, 1.54) is 18.5 Å². The minimum atomic E-state index is -1.19. The summed E-state index contributed by atoms with van der Waals surface area (Å²) >= 11 is 0. The number of aromatic nitrogens is 1.